The molecule has 0 atom stereocenters. The Hall–Kier alpha value is -0.0331. The summed E-state index contributed by atoms with van der Waals surface area (Å²) < 4.78 is 0.435. The molecule has 1 aromatic rings. The SMILES string of the molecule is CC[Si](CC)(CC)c1c(Cl)cc(Br)c(C(=O)O)c1Cl. The van der Waals surface area contributed by atoms with Crippen LogP contribution in [0.15, 0.2) is 10.5 Å². The van der Waals surface area contributed by atoms with Crippen LogP contribution in [0.25, 0.3) is 0 Å². The Bertz CT molecular complexity index is 494. The standard InChI is InChI=1S/C13H17BrCl2O2Si/c1-4-19(5-2,6-3)12-9(15)7-8(14)10(11(12)16)13(17)18/h7H,4-6H2,1-3H3,(H,17,18). The Morgan fingerprint density at radius 1 is 1.26 bits per heavy atom. The second-order valence-corrected chi connectivity index (χ2v) is 11.4. The highest BCUT2D eigenvalue weighted by molar-refractivity contribution is 9.10. The third-order valence-electron chi connectivity index (χ3n) is 3.94. The van der Waals surface area contributed by atoms with Gasteiger partial charge in [-0.2, -0.15) is 0 Å². The van der Waals surface area contributed by atoms with E-state index in [2.05, 4.69) is 36.7 Å². The zero-order valence-electron chi connectivity index (χ0n) is 11.2. The van der Waals surface area contributed by atoms with E-state index in [1.54, 1.807) is 6.07 Å². The lowest BCUT2D eigenvalue weighted by atomic mass is 10.2. The highest BCUT2D eigenvalue weighted by atomic mass is 79.9. The molecule has 0 spiro atoms. The molecular weight excluding hydrogens is 367 g/mol. The molecule has 1 rings (SSSR count). The Labute approximate surface area is 133 Å². The zero-order valence-corrected chi connectivity index (χ0v) is 15.3. The third-order valence-corrected chi connectivity index (χ3v) is 11.2. The first-order valence-electron chi connectivity index (χ1n) is 6.25. The number of aromatic carboxylic acids is 1. The van der Waals surface area contributed by atoms with Gasteiger partial charge in [0.15, 0.2) is 0 Å². The number of benzene rings is 1. The molecular formula is C13H17BrCl2O2Si. The summed E-state index contributed by atoms with van der Waals surface area (Å²) >= 11 is 16.0. The normalized spacial score (nSPS) is 11.7. The molecule has 106 valence electrons. The first-order valence-corrected chi connectivity index (χ1v) is 10.4. The molecule has 0 aliphatic rings. The fraction of sp³-hybridized carbons (Fsp3) is 0.462. The highest BCUT2D eigenvalue weighted by Gasteiger charge is 2.35. The summed E-state index contributed by atoms with van der Waals surface area (Å²) in [6, 6.07) is 4.66. The van der Waals surface area contributed by atoms with Crippen molar-refractivity contribution in [2.75, 3.05) is 0 Å². The van der Waals surface area contributed by atoms with Gasteiger partial charge in [-0.3, -0.25) is 0 Å². The van der Waals surface area contributed by atoms with Gasteiger partial charge in [0.1, 0.15) is 0 Å². The van der Waals surface area contributed by atoms with Gasteiger partial charge in [0, 0.05) is 9.50 Å². The number of carbonyl (C=O) groups is 1. The van der Waals surface area contributed by atoms with E-state index in [4.69, 9.17) is 23.2 Å². The third kappa shape index (κ3) is 3.02. The van der Waals surface area contributed by atoms with E-state index in [0.29, 0.717) is 14.5 Å². The molecule has 1 N–H and O–H groups in total. The van der Waals surface area contributed by atoms with Gasteiger partial charge in [-0.25, -0.2) is 4.79 Å². The van der Waals surface area contributed by atoms with Crippen molar-refractivity contribution in [1.82, 2.24) is 0 Å². The van der Waals surface area contributed by atoms with Gasteiger partial charge in [0.05, 0.1) is 18.7 Å². The molecule has 0 saturated carbocycles. The predicted molar refractivity (Wildman–Crippen MR) is 88.0 cm³/mol. The van der Waals surface area contributed by atoms with Crippen LogP contribution in [0, 0.1) is 0 Å². The van der Waals surface area contributed by atoms with Crippen LogP contribution in [0.1, 0.15) is 31.1 Å². The molecule has 0 amide bonds. The van der Waals surface area contributed by atoms with E-state index in [-0.39, 0.29) is 5.56 Å². The van der Waals surface area contributed by atoms with Gasteiger partial charge in [0.25, 0.3) is 0 Å². The fourth-order valence-electron chi connectivity index (χ4n) is 2.55. The molecule has 0 fully saturated rings. The first kappa shape index (κ1) is 17.0. The summed E-state index contributed by atoms with van der Waals surface area (Å²) in [5.41, 5.74) is 0.119. The van der Waals surface area contributed by atoms with E-state index >= 15 is 0 Å². The smallest absolute Gasteiger partial charge is 0.338 e. The summed E-state index contributed by atoms with van der Waals surface area (Å²) in [4.78, 5) is 11.4. The van der Waals surface area contributed by atoms with Gasteiger partial charge in [-0.05, 0) is 27.2 Å². The summed E-state index contributed by atoms with van der Waals surface area (Å²) in [7, 11) is -1.83. The molecule has 19 heavy (non-hydrogen) atoms. The number of carboxylic acid groups (broad SMARTS) is 1. The number of halogens is 3. The number of hydrogen-bond acceptors (Lipinski definition) is 1. The summed E-state index contributed by atoms with van der Waals surface area (Å²) in [5, 5.41) is 11.1. The van der Waals surface area contributed by atoms with Crippen molar-refractivity contribution in [2.45, 2.75) is 38.9 Å². The van der Waals surface area contributed by atoms with Crippen LogP contribution in [0.4, 0.5) is 0 Å². The van der Waals surface area contributed by atoms with Gasteiger partial charge in [-0.15, -0.1) is 0 Å². The van der Waals surface area contributed by atoms with Crippen LogP contribution < -0.4 is 5.19 Å². The molecule has 0 heterocycles. The highest BCUT2D eigenvalue weighted by Crippen LogP contribution is 2.33. The van der Waals surface area contributed by atoms with E-state index in [1.807, 2.05) is 0 Å². The minimum absolute atomic E-state index is 0.119. The Morgan fingerprint density at radius 2 is 1.74 bits per heavy atom. The van der Waals surface area contributed by atoms with Crippen LogP contribution in [-0.2, 0) is 0 Å². The van der Waals surface area contributed by atoms with Gasteiger partial charge in [0.2, 0.25) is 0 Å². The fourth-order valence-corrected chi connectivity index (χ4v) is 8.86. The Morgan fingerprint density at radius 3 is 2.11 bits per heavy atom. The van der Waals surface area contributed by atoms with Crippen LogP contribution >= 0.6 is 39.1 Å². The number of hydrogen-bond donors (Lipinski definition) is 1. The quantitative estimate of drug-likeness (QED) is 0.712. The average molecular weight is 384 g/mol. The van der Waals surface area contributed by atoms with E-state index in [9.17, 15) is 9.90 Å². The maximum Gasteiger partial charge on any atom is 0.338 e. The van der Waals surface area contributed by atoms with Crippen LogP contribution in [0.2, 0.25) is 28.2 Å². The molecule has 2 nitrogen and oxygen atoms in total. The van der Waals surface area contributed by atoms with Crippen molar-refractivity contribution >= 4 is 58.4 Å². The van der Waals surface area contributed by atoms with Gasteiger partial charge >= 0.3 is 5.97 Å². The van der Waals surface area contributed by atoms with Crippen molar-refractivity contribution in [1.29, 1.82) is 0 Å². The van der Waals surface area contributed by atoms with Crippen molar-refractivity contribution in [2.24, 2.45) is 0 Å². The Kier molecular flexibility index (Phi) is 5.92. The van der Waals surface area contributed by atoms with E-state index in [0.717, 1.165) is 23.3 Å². The molecule has 0 bridgehead atoms. The molecule has 0 aromatic heterocycles. The Balaban J connectivity index is 3.69. The maximum absolute atomic E-state index is 11.4. The van der Waals surface area contributed by atoms with Crippen molar-refractivity contribution in [3.63, 3.8) is 0 Å². The van der Waals surface area contributed by atoms with Crippen LogP contribution in [0.3, 0.4) is 0 Å². The molecule has 0 aliphatic heterocycles. The zero-order chi connectivity index (χ0) is 14.8. The minimum Gasteiger partial charge on any atom is -0.478 e. The topological polar surface area (TPSA) is 37.3 Å². The predicted octanol–water partition coefficient (Wildman–Crippen LogP) is 5.17. The molecule has 0 saturated heterocycles. The van der Waals surface area contributed by atoms with Crippen LogP contribution in [-0.4, -0.2) is 19.1 Å². The van der Waals surface area contributed by atoms with Gasteiger partial charge < -0.3 is 5.11 Å². The van der Waals surface area contributed by atoms with Crippen LogP contribution in [0.5, 0.6) is 0 Å². The van der Waals surface area contributed by atoms with Crippen molar-refractivity contribution < 1.29 is 9.90 Å². The lowest BCUT2D eigenvalue weighted by Gasteiger charge is -2.31. The minimum atomic E-state index is -1.83. The van der Waals surface area contributed by atoms with Crippen molar-refractivity contribution in [3.05, 3.63) is 26.1 Å². The van der Waals surface area contributed by atoms with Crippen molar-refractivity contribution in [3.8, 4) is 0 Å². The second-order valence-electron chi connectivity index (χ2n) is 4.55. The summed E-state index contributed by atoms with van der Waals surface area (Å²) in [5.74, 6) is -1.03. The lowest BCUT2D eigenvalue weighted by Crippen LogP contribution is -2.47. The largest absolute Gasteiger partial charge is 0.478 e. The lowest BCUT2D eigenvalue weighted by molar-refractivity contribution is 0.0696. The summed E-state index contributed by atoms with van der Waals surface area (Å²) in [6.07, 6.45) is 0. The monoisotopic (exact) mass is 382 g/mol. The molecule has 1 aromatic carbocycles. The molecule has 0 radical (unpaired) electrons. The molecule has 0 aliphatic carbocycles. The van der Waals surface area contributed by atoms with E-state index < -0.39 is 14.0 Å². The second kappa shape index (κ2) is 6.61. The number of carboxylic acids is 1. The summed E-state index contributed by atoms with van der Waals surface area (Å²) in [6.45, 7) is 6.40. The molecule has 6 heteroatoms. The van der Waals surface area contributed by atoms with E-state index in [1.165, 1.54) is 0 Å². The first-order chi connectivity index (χ1) is 8.84. The maximum atomic E-state index is 11.4. The number of rotatable bonds is 5. The molecule has 0 unspecified atom stereocenters. The van der Waals surface area contributed by atoms with Gasteiger partial charge in [-0.1, -0.05) is 62.1 Å². The average Bonchev–Trinajstić information content (AvgIpc) is 2.33.